The van der Waals surface area contributed by atoms with Crippen molar-refractivity contribution in [3.63, 3.8) is 0 Å². The number of methoxy groups -OCH3 is 3. The van der Waals surface area contributed by atoms with E-state index in [2.05, 4.69) is 25.6 Å². The van der Waals surface area contributed by atoms with Crippen LogP contribution >= 0.6 is 24.0 Å². The van der Waals surface area contributed by atoms with Crippen LogP contribution in [-0.2, 0) is 13.1 Å². The molecule has 0 amide bonds. The van der Waals surface area contributed by atoms with Crippen molar-refractivity contribution in [1.29, 1.82) is 0 Å². The minimum absolute atomic E-state index is 0. The van der Waals surface area contributed by atoms with Gasteiger partial charge in [0.2, 0.25) is 5.75 Å². The Hall–Kier alpha value is -3.02. The molecule has 2 N–H and O–H groups in total. The van der Waals surface area contributed by atoms with E-state index in [1.807, 2.05) is 55.1 Å². The van der Waals surface area contributed by atoms with Crippen LogP contribution in [-0.4, -0.2) is 48.4 Å². The highest BCUT2D eigenvalue weighted by Gasteiger charge is 2.13. The number of hydrogen-bond acceptors (Lipinski definition) is 6. The Balaban J connectivity index is 0.00000385. The first-order valence-corrected chi connectivity index (χ1v) is 10.4. The Kier molecular flexibility index (Phi) is 10.2. The number of pyridine rings is 1. The highest BCUT2D eigenvalue weighted by Crippen LogP contribution is 2.38. The van der Waals surface area contributed by atoms with E-state index in [4.69, 9.17) is 14.2 Å². The molecule has 0 bridgehead atoms. The van der Waals surface area contributed by atoms with Gasteiger partial charge in [-0.15, -0.1) is 24.0 Å². The zero-order chi connectivity index (χ0) is 22.9. The maximum atomic E-state index is 5.43. The molecule has 0 unspecified atom stereocenters. The second kappa shape index (κ2) is 12.9. The van der Waals surface area contributed by atoms with Crippen LogP contribution in [0.25, 0.3) is 5.82 Å². The molecule has 0 aliphatic heterocycles. The lowest BCUT2D eigenvalue weighted by Gasteiger charge is -2.14. The third-order valence-corrected chi connectivity index (χ3v) is 4.83. The van der Waals surface area contributed by atoms with Gasteiger partial charge in [-0.2, -0.15) is 0 Å². The zero-order valence-electron chi connectivity index (χ0n) is 19.6. The number of benzene rings is 1. The first kappa shape index (κ1) is 26.2. The number of guanidine groups is 1. The maximum absolute atomic E-state index is 5.43. The molecule has 0 saturated carbocycles. The fourth-order valence-corrected chi connectivity index (χ4v) is 3.21. The Morgan fingerprint density at radius 2 is 1.73 bits per heavy atom. The molecule has 3 rings (SSSR count). The lowest BCUT2D eigenvalue weighted by molar-refractivity contribution is 0.324. The van der Waals surface area contributed by atoms with Crippen LogP contribution in [0.3, 0.4) is 0 Å². The molecule has 1 aromatic carbocycles. The molecule has 0 aliphatic carbocycles. The second-order valence-corrected chi connectivity index (χ2v) is 6.95. The normalized spacial score (nSPS) is 10.9. The van der Waals surface area contributed by atoms with Gasteiger partial charge in [0.15, 0.2) is 17.5 Å². The molecule has 33 heavy (non-hydrogen) atoms. The van der Waals surface area contributed by atoms with Gasteiger partial charge in [0.05, 0.1) is 27.9 Å². The molecular formula is C23H31IN6O3. The molecule has 0 fully saturated rings. The summed E-state index contributed by atoms with van der Waals surface area (Å²) in [6.07, 6.45) is 5.51. The largest absolute Gasteiger partial charge is 0.493 e. The number of aliphatic imine (C=N–C) groups is 1. The summed E-state index contributed by atoms with van der Waals surface area (Å²) in [7, 11) is 4.79. The number of nitrogens with one attached hydrogen (secondary N) is 2. The molecule has 10 heteroatoms. The van der Waals surface area contributed by atoms with Crippen molar-refractivity contribution in [1.82, 2.24) is 25.2 Å². The summed E-state index contributed by atoms with van der Waals surface area (Å²) in [4.78, 5) is 13.5. The highest BCUT2D eigenvalue weighted by atomic mass is 127. The van der Waals surface area contributed by atoms with Gasteiger partial charge in [-0.3, -0.25) is 4.57 Å². The molecule has 0 spiro atoms. The fourth-order valence-electron chi connectivity index (χ4n) is 3.21. The molecule has 2 heterocycles. The molecule has 0 saturated heterocycles. The van der Waals surface area contributed by atoms with Crippen LogP contribution in [0.2, 0.25) is 0 Å². The van der Waals surface area contributed by atoms with Crippen LogP contribution in [0, 0.1) is 6.92 Å². The van der Waals surface area contributed by atoms with Gasteiger partial charge in [-0.25, -0.2) is 15.0 Å². The predicted molar refractivity (Wildman–Crippen MR) is 139 cm³/mol. The standard InChI is InChI=1S/C23H30N6O3.HI/c1-6-24-23(28-15-18-11-19(30-3)22(32-5)20(12-18)31-4)27-14-17-7-8-21(26-13-17)29-10-9-25-16(29)2;/h7-13H,6,14-15H2,1-5H3,(H2,24,27,28);1H. The van der Waals surface area contributed by atoms with Crippen molar-refractivity contribution in [3.8, 4) is 23.1 Å². The van der Waals surface area contributed by atoms with E-state index in [0.717, 1.165) is 29.3 Å². The third-order valence-electron chi connectivity index (χ3n) is 4.83. The van der Waals surface area contributed by atoms with Crippen molar-refractivity contribution < 1.29 is 14.2 Å². The Bertz CT molecular complexity index is 1030. The molecular weight excluding hydrogens is 535 g/mol. The van der Waals surface area contributed by atoms with E-state index in [-0.39, 0.29) is 24.0 Å². The maximum Gasteiger partial charge on any atom is 0.203 e. The predicted octanol–water partition coefficient (Wildman–Crippen LogP) is 3.47. The lowest BCUT2D eigenvalue weighted by Crippen LogP contribution is -2.36. The van der Waals surface area contributed by atoms with Gasteiger partial charge in [-0.1, -0.05) is 6.07 Å². The Morgan fingerprint density at radius 1 is 1.00 bits per heavy atom. The smallest absolute Gasteiger partial charge is 0.203 e. The number of nitrogens with zero attached hydrogens (tertiary/aromatic N) is 4. The van der Waals surface area contributed by atoms with Crippen LogP contribution < -0.4 is 24.8 Å². The van der Waals surface area contributed by atoms with Gasteiger partial charge in [-0.05, 0) is 43.2 Å². The van der Waals surface area contributed by atoms with E-state index in [1.165, 1.54) is 0 Å². The van der Waals surface area contributed by atoms with Crippen LogP contribution in [0.15, 0.2) is 47.8 Å². The molecule has 0 radical (unpaired) electrons. The average Bonchev–Trinajstić information content (AvgIpc) is 3.26. The van der Waals surface area contributed by atoms with Crippen molar-refractivity contribution in [3.05, 3.63) is 59.8 Å². The fraction of sp³-hybridized carbons (Fsp3) is 0.348. The first-order valence-electron chi connectivity index (χ1n) is 10.4. The molecule has 3 aromatic rings. The summed E-state index contributed by atoms with van der Waals surface area (Å²) < 4.78 is 18.2. The van der Waals surface area contributed by atoms with E-state index in [0.29, 0.717) is 36.3 Å². The number of ether oxygens (including phenoxy) is 3. The van der Waals surface area contributed by atoms with Crippen molar-refractivity contribution in [2.45, 2.75) is 26.9 Å². The SMILES string of the molecule is CCNC(=NCc1cc(OC)c(OC)c(OC)c1)NCc1ccc(-n2ccnc2C)nc1.I. The third kappa shape index (κ3) is 6.73. The van der Waals surface area contributed by atoms with E-state index in [9.17, 15) is 0 Å². The summed E-state index contributed by atoms with van der Waals surface area (Å²) in [5, 5.41) is 6.61. The second-order valence-electron chi connectivity index (χ2n) is 6.95. The van der Waals surface area contributed by atoms with E-state index < -0.39 is 0 Å². The van der Waals surface area contributed by atoms with Gasteiger partial charge >= 0.3 is 0 Å². The van der Waals surface area contributed by atoms with Gasteiger partial charge in [0.1, 0.15) is 11.6 Å². The number of halogens is 1. The lowest BCUT2D eigenvalue weighted by atomic mass is 10.2. The topological polar surface area (TPSA) is 94.8 Å². The average molecular weight is 566 g/mol. The van der Waals surface area contributed by atoms with Crippen molar-refractivity contribution >= 4 is 29.9 Å². The van der Waals surface area contributed by atoms with E-state index >= 15 is 0 Å². The molecule has 9 nitrogen and oxygen atoms in total. The Labute approximate surface area is 211 Å². The molecule has 0 aliphatic rings. The van der Waals surface area contributed by atoms with E-state index in [1.54, 1.807) is 27.5 Å². The number of rotatable bonds is 9. The summed E-state index contributed by atoms with van der Waals surface area (Å²) >= 11 is 0. The number of imidazole rings is 1. The number of aromatic nitrogens is 3. The molecule has 2 aromatic heterocycles. The van der Waals surface area contributed by atoms with Gasteiger partial charge in [0, 0.05) is 31.7 Å². The Morgan fingerprint density at radius 3 is 2.24 bits per heavy atom. The van der Waals surface area contributed by atoms with Crippen LogP contribution in [0.5, 0.6) is 17.2 Å². The summed E-state index contributed by atoms with van der Waals surface area (Å²) in [6.45, 7) is 5.77. The van der Waals surface area contributed by atoms with Crippen LogP contribution in [0.1, 0.15) is 23.9 Å². The number of hydrogen-bond donors (Lipinski definition) is 2. The summed E-state index contributed by atoms with van der Waals surface area (Å²) in [6, 6.07) is 7.81. The number of aryl methyl sites for hydroxylation is 1. The molecule has 178 valence electrons. The first-order chi connectivity index (χ1) is 15.6. The summed E-state index contributed by atoms with van der Waals surface area (Å²) in [5.41, 5.74) is 1.99. The minimum Gasteiger partial charge on any atom is -0.493 e. The monoisotopic (exact) mass is 566 g/mol. The minimum atomic E-state index is 0. The van der Waals surface area contributed by atoms with Crippen molar-refractivity contribution in [2.75, 3.05) is 27.9 Å². The quantitative estimate of drug-likeness (QED) is 0.233. The molecule has 0 atom stereocenters. The van der Waals surface area contributed by atoms with Crippen LogP contribution in [0.4, 0.5) is 0 Å². The van der Waals surface area contributed by atoms with Crippen molar-refractivity contribution in [2.24, 2.45) is 4.99 Å². The highest BCUT2D eigenvalue weighted by molar-refractivity contribution is 14.0. The van der Waals surface area contributed by atoms with Gasteiger partial charge in [0.25, 0.3) is 0 Å². The summed E-state index contributed by atoms with van der Waals surface area (Å²) in [5.74, 6) is 4.22. The zero-order valence-corrected chi connectivity index (χ0v) is 21.9. The van der Waals surface area contributed by atoms with Gasteiger partial charge < -0.3 is 24.8 Å².